The Hall–Kier alpha value is -3.30. The molecule has 3 rings (SSSR count). The van der Waals surface area contributed by atoms with Crippen LogP contribution in [0.2, 0.25) is 5.02 Å². The Labute approximate surface area is 176 Å². The van der Waals surface area contributed by atoms with Crippen LogP contribution < -0.4 is 15.8 Å². The van der Waals surface area contributed by atoms with Crippen LogP contribution in [0.1, 0.15) is 17.3 Å². The van der Waals surface area contributed by atoms with Gasteiger partial charge in [-0.05, 0) is 61.6 Å². The number of amides is 1. The summed E-state index contributed by atoms with van der Waals surface area (Å²) >= 11 is 11.0. The van der Waals surface area contributed by atoms with Gasteiger partial charge in [-0.2, -0.15) is 15.2 Å². The Morgan fingerprint density at radius 3 is 2.72 bits per heavy atom. The average Bonchev–Trinajstić information content (AvgIpc) is 2.97. The molecular formula is C19H16ClN5O3S. The number of nitrogens with zero attached hydrogens (tertiary/aromatic N) is 3. The third-order valence-electron chi connectivity index (χ3n) is 4.01. The van der Waals surface area contributed by atoms with Gasteiger partial charge in [-0.15, -0.1) is 0 Å². The number of rotatable bonds is 5. The molecule has 1 heterocycles. The van der Waals surface area contributed by atoms with Crippen LogP contribution in [-0.4, -0.2) is 34.0 Å². The molecule has 1 amide bonds. The molecule has 8 nitrogen and oxygen atoms in total. The molecule has 148 valence electrons. The number of hydrogen-bond donors (Lipinski definition) is 3. The minimum absolute atomic E-state index is 0.131. The predicted octanol–water partition coefficient (Wildman–Crippen LogP) is 3.35. The van der Waals surface area contributed by atoms with E-state index >= 15 is 0 Å². The molecule has 10 heteroatoms. The number of hydrogen-bond acceptors (Lipinski definition) is 5. The van der Waals surface area contributed by atoms with Crippen LogP contribution in [0.5, 0.6) is 0 Å². The molecule has 0 spiro atoms. The zero-order valence-electron chi connectivity index (χ0n) is 15.2. The fourth-order valence-electron chi connectivity index (χ4n) is 2.58. The number of thiocarbonyl (C=S) groups is 1. The largest absolute Gasteiger partial charge is 0.478 e. The first-order valence-corrected chi connectivity index (χ1v) is 9.22. The Bertz CT molecular complexity index is 1020. The molecular weight excluding hydrogens is 414 g/mol. The van der Waals surface area contributed by atoms with Gasteiger partial charge >= 0.3 is 5.97 Å². The van der Waals surface area contributed by atoms with Gasteiger partial charge in [0.1, 0.15) is 5.92 Å². The molecule has 1 aliphatic rings. The highest BCUT2D eigenvalue weighted by Crippen LogP contribution is 2.24. The summed E-state index contributed by atoms with van der Waals surface area (Å²) in [4.78, 5) is 23.6. The molecule has 0 aromatic heterocycles. The molecule has 3 N–H and O–H groups in total. The van der Waals surface area contributed by atoms with Gasteiger partial charge in [0.15, 0.2) is 5.11 Å². The van der Waals surface area contributed by atoms with Crippen LogP contribution in [-0.2, 0) is 4.79 Å². The second-order valence-electron chi connectivity index (χ2n) is 6.08. The van der Waals surface area contributed by atoms with Crippen LogP contribution in [0, 0.1) is 5.92 Å². The van der Waals surface area contributed by atoms with E-state index in [4.69, 9.17) is 28.9 Å². The SMILES string of the molecule is CC1=NN(c2ccc(Cl)cc2)C(=O)C1/C=N/NC(=S)Nc1cccc(C(=O)O)c1. The monoisotopic (exact) mass is 429 g/mol. The fourth-order valence-corrected chi connectivity index (χ4v) is 2.87. The van der Waals surface area contributed by atoms with Crippen molar-refractivity contribution in [2.24, 2.45) is 16.1 Å². The quantitative estimate of drug-likeness (QED) is 0.382. The summed E-state index contributed by atoms with van der Waals surface area (Å²) < 4.78 is 0. The van der Waals surface area contributed by atoms with E-state index in [1.807, 2.05) is 0 Å². The van der Waals surface area contributed by atoms with Crippen molar-refractivity contribution in [1.29, 1.82) is 0 Å². The van der Waals surface area contributed by atoms with E-state index in [9.17, 15) is 9.59 Å². The normalized spacial score (nSPS) is 16.1. The highest BCUT2D eigenvalue weighted by atomic mass is 35.5. The fraction of sp³-hybridized carbons (Fsp3) is 0.105. The number of carbonyl (C=O) groups excluding carboxylic acids is 1. The molecule has 0 fully saturated rings. The number of carboxylic acids is 1. The van der Waals surface area contributed by atoms with E-state index in [0.717, 1.165) is 0 Å². The van der Waals surface area contributed by atoms with Crippen LogP contribution >= 0.6 is 23.8 Å². The van der Waals surface area contributed by atoms with E-state index in [-0.39, 0.29) is 16.6 Å². The number of hydrazone groups is 2. The van der Waals surface area contributed by atoms with Crippen molar-refractivity contribution in [3.05, 3.63) is 59.1 Å². The van der Waals surface area contributed by atoms with Gasteiger partial charge in [0, 0.05) is 16.9 Å². The maximum Gasteiger partial charge on any atom is 0.335 e. The lowest BCUT2D eigenvalue weighted by molar-refractivity contribution is -0.118. The third-order valence-corrected chi connectivity index (χ3v) is 4.46. The maximum absolute atomic E-state index is 12.6. The van der Waals surface area contributed by atoms with Crippen molar-refractivity contribution >= 4 is 64.1 Å². The van der Waals surface area contributed by atoms with Crippen LogP contribution in [0.25, 0.3) is 0 Å². The van der Waals surface area contributed by atoms with Gasteiger partial charge in [0.05, 0.1) is 17.0 Å². The molecule has 29 heavy (non-hydrogen) atoms. The second-order valence-corrected chi connectivity index (χ2v) is 6.92. The zero-order valence-corrected chi connectivity index (χ0v) is 16.7. The molecule has 0 bridgehead atoms. The van der Waals surface area contributed by atoms with Gasteiger partial charge < -0.3 is 10.4 Å². The number of nitrogens with one attached hydrogen (secondary N) is 2. The van der Waals surface area contributed by atoms with Crippen LogP contribution in [0.15, 0.2) is 58.7 Å². The van der Waals surface area contributed by atoms with Gasteiger partial charge in [-0.1, -0.05) is 17.7 Å². The van der Waals surface area contributed by atoms with Crippen LogP contribution in [0.3, 0.4) is 0 Å². The van der Waals surface area contributed by atoms with Gasteiger partial charge in [-0.3, -0.25) is 10.2 Å². The lowest BCUT2D eigenvalue weighted by Crippen LogP contribution is -2.30. The number of carbonyl (C=O) groups is 2. The molecule has 0 aliphatic carbocycles. The Kier molecular flexibility index (Phi) is 6.20. The number of halogens is 1. The summed E-state index contributed by atoms with van der Waals surface area (Å²) in [7, 11) is 0. The van der Waals surface area contributed by atoms with Crippen molar-refractivity contribution in [2.75, 3.05) is 10.3 Å². The van der Waals surface area contributed by atoms with E-state index in [0.29, 0.717) is 22.1 Å². The molecule has 2 aromatic rings. The number of benzene rings is 2. The maximum atomic E-state index is 12.6. The van der Waals surface area contributed by atoms with Gasteiger partial charge in [0.2, 0.25) is 0 Å². The Morgan fingerprint density at radius 2 is 2.03 bits per heavy atom. The van der Waals surface area contributed by atoms with Crippen LogP contribution in [0.4, 0.5) is 11.4 Å². The zero-order chi connectivity index (χ0) is 21.0. The van der Waals surface area contributed by atoms with E-state index in [1.54, 1.807) is 43.3 Å². The second kappa shape index (κ2) is 8.80. The molecule has 2 aromatic carbocycles. The van der Waals surface area contributed by atoms with Crippen molar-refractivity contribution < 1.29 is 14.7 Å². The van der Waals surface area contributed by atoms with Crippen molar-refractivity contribution in [2.45, 2.75) is 6.92 Å². The Morgan fingerprint density at radius 1 is 1.31 bits per heavy atom. The lowest BCUT2D eigenvalue weighted by Gasteiger charge is -2.12. The highest BCUT2D eigenvalue weighted by molar-refractivity contribution is 7.80. The molecule has 1 unspecified atom stereocenters. The first kappa shape index (κ1) is 20.4. The molecule has 0 radical (unpaired) electrons. The lowest BCUT2D eigenvalue weighted by atomic mass is 10.1. The standard InChI is InChI=1S/C19H16ClN5O3S/c1-11-16(17(26)25(24-11)15-7-5-13(20)6-8-15)10-21-23-19(29)22-14-4-2-3-12(9-14)18(27)28/h2-10,16H,1H3,(H,27,28)(H2,22,23,29)/b21-10+. The van der Waals surface area contributed by atoms with Crippen molar-refractivity contribution in [3.63, 3.8) is 0 Å². The molecule has 0 saturated heterocycles. The Balaban J connectivity index is 1.60. The minimum atomic E-state index is -1.04. The number of carboxylic acid groups (broad SMARTS) is 1. The first-order valence-electron chi connectivity index (χ1n) is 8.43. The molecule has 1 atom stereocenters. The van der Waals surface area contributed by atoms with Gasteiger partial charge in [0.25, 0.3) is 5.91 Å². The highest BCUT2D eigenvalue weighted by Gasteiger charge is 2.33. The average molecular weight is 430 g/mol. The summed E-state index contributed by atoms with van der Waals surface area (Å²) in [5, 5.41) is 22.2. The van der Waals surface area contributed by atoms with E-state index in [1.165, 1.54) is 23.4 Å². The summed E-state index contributed by atoms with van der Waals surface area (Å²) in [6.07, 6.45) is 1.42. The number of anilines is 2. The van der Waals surface area contributed by atoms with Gasteiger partial charge in [-0.25, -0.2) is 4.79 Å². The van der Waals surface area contributed by atoms with E-state index < -0.39 is 11.9 Å². The summed E-state index contributed by atoms with van der Waals surface area (Å²) in [5.41, 5.74) is 4.44. The summed E-state index contributed by atoms with van der Waals surface area (Å²) in [6.45, 7) is 1.73. The topological polar surface area (TPSA) is 106 Å². The van der Waals surface area contributed by atoms with Crippen molar-refractivity contribution in [1.82, 2.24) is 5.43 Å². The van der Waals surface area contributed by atoms with E-state index in [2.05, 4.69) is 20.9 Å². The third kappa shape index (κ3) is 4.95. The minimum Gasteiger partial charge on any atom is -0.478 e. The molecule has 1 aliphatic heterocycles. The van der Waals surface area contributed by atoms with Crippen molar-refractivity contribution in [3.8, 4) is 0 Å². The molecule has 0 saturated carbocycles. The summed E-state index contributed by atoms with van der Waals surface area (Å²) in [5.74, 6) is -1.91. The first-order chi connectivity index (χ1) is 13.8. The number of aromatic carboxylic acids is 1. The summed E-state index contributed by atoms with van der Waals surface area (Å²) in [6, 6.07) is 13.0. The smallest absolute Gasteiger partial charge is 0.335 e. The predicted molar refractivity (Wildman–Crippen MR) is 117 cm³/mol.